The van der Waals surface area contributed by atoms with Crippen LogP contribution in [0.2, 0.25) is 0 Å². The van der Waals surface area contributed by atoms with Crippen LogP contribution in [0.3, 0.4) is 0 Å². The minimum absolute atomic E-state index is 0.0999. The number of rotatable bonds is 9. The van der Waals surface area contributed by atoms with Crippen LogP contribution < -0.4 is 24.4 Å². The first-order chi connectivity index (χ1) is 22.2. The molecular formula is C35H34N2O8S. The molecule has 0 unspecified atom stereocenters. The highest BCUT2D eigenvalue weighted by atomic mass is 32.1. The first-order valence-electron chi connectivity index (χ1n) is 15.2. The lowest BCUT2D eigenvalue weighted by molar-refractivity contribution is -0.139. The number of fused-ring (bicyclic) bond motifs is 2. The van der Waals surface area contributed by atoms with E-state index in [-0.39, 0.29) is 31.0 Å². The Labute approximate surface area is 269 Å². The molecule has 11 heteroatoms. The third kappa shape index (κ3) is 5.90. The number of nitrogens with zero attached hydrogens (tertiary/aromatic N) is 2. The second kappa shape index (κ2) is 12.8. The van der Waals surface area contributed by atoms with E-state index < -0.39 is 12.0 Å². The highest BCUT2D eigenvalue weighted by Gasteiger charge is 2.35. The van der Waals surface area contributed by atoms with Crippen LogP contribution in [0.25, 0.3) is 17.4 Å². The number of aromatic nitrogens is 1. The summed E-state index contributed by atoms with van der Waals surface area (Å²) in [7, 11) is 0. The molecule has 0 amide bonds. The van der Waals surface area contributed by atoms with E-state index in [1.807, 2.05) is 32.0 Å². The van der Waals surface area contributed by atoms with Gasteiger partial charge in [-0.1, -0.05) is 36.8 Å². The predicted octanol–water partition coefficient (Wildman–Crippen LogP) is 5.44. The number of furan rings is 1. The van der Waals surface area contributed by atoms with Crippen molar-refractivity contribution in [3.8, 4) is 22.8 Å². The lowest BCUT2D eigenvalue weighted by atomic mass is 9.94. The van der Waals surface area contributed by atoms with Crippen LogP contribution in [0.1, 0.15) is 73.8 Å². The van der Waals surface area contributed by atoms with Crippen molar-refractivity contribution in [3.05, 3.63) is 102 Å². The lowest BCUT2D eigenvalue weighted by Crippen LogP contribution is -2.40. The molecule has 6 rings (SSSR count). The molecule has 4 aromatic rings. The number of benzene rings is 2. The number of esters is 2. The number of hydrogen-bond acceptors (Lipinski definition) is 10. The number of carbonyl (C=O) groups excluding carboxylic acids is 2. The zero-order chi connectivity index (χ0) is 32.5. The van der Waals surface area contributed by atoms with Gasteiger partial charge in [-0.15, -0.1) is 0 Å². The molecule has 0 saturated carbocycles. The monoisotopic (exact) mass is 642 g/mol. The third-order valence-electron chi connectivity index (χ3n) is 7.58. The first-order valence-corrected chi connectivity index (χ1v) is 16.0. The number of carbonyl (C=O) groups is 2. The highest BCUT2D eigenvalue weighted by molar-refractivity contribution is 7.07. The molecule has 2 aliphatic heterocycles. The molecule has 238 valence electrons. The average Bonchev–Trinajstić information content (AvgIpc) is 3.75. The van der Waals surface area contributed by atoms with Crippen molar-refractivity contribution in [1.82, 2.24) is 4.57 Å². The lowest BCUT2D eigenvalue weighted by Gasteiger charge is -2.25. The van der Waals surface area contributed by atoms with Crippen LogP contribution in [0.15, 0.2) is 74.0 Å². The Balaban J connectivity index is 1.42. The van der Waals surface area contributed by atoms with Gasteiger partial charge in [0.25, 0.3) is 5.56 Å². The Hall–Kier alpha value is -4.90. The van der Waals surface area contributed by atoms with Crippen LogP contribution in [-0.4, -0.2) is 36.0 Å². The second-order valence-electron chi connectivity index (χ2n) is 11.2. The van der Waals surface area contributed by atoms with Gasteiger partial charge in [-0.3, -0.25) is 9.36 Å². The largest absolute Gasteiger partial charge is 0.463 e. The smallest absolute Gasteiger partial charge is 0.338 e. The van der Waals surface area contributed by atoms with Gasteiger partial charge in [0, 0.05) is 11.6 Å². The van der Waals surface area contributed by atoms with Crippen LogP contribution in [-0.2, 0) is 14.3 Å². The highest BCUT2D eigenvalue weighted by Crippen LogP contribution is 2.39. The van der Waals surface area contributed by atoms with Crippen molar-refractivity contribution in [2.75, 3.05) is 13.4 Å². The predicted molar refractivity (Wildman–Crippen MR) is 172 cm³/mol. The van der Waals surface area contributed by atoms with Gasteiger partial charge in [0.05, 0.1) is 40.1 Å². The Bertz CT molecular complexity index is 2050. The van der Waals surface area contributed by atoms with Crippen molar-refractivity contribution >= 4 is 29.4 Å². The summed E-state index contributed by atoms with van der Waals surface area (Å²) in [5.41, 5.74) is 3.41. The molecule has 0 radical (unpaired) electrons. The summed E-state index contributed by atoms with van der Waals surface area (Å²) in [6.45, 7) is 9.55. The minimum Gasteiger partial charge on any atom is -0.463 e. The number of allylic oxidation sites excluding steroid dienone is 1. The Morgan fingerprint density at radius 2 is 1.87 bits per heavy atom. The summed E-state index contributed by atoms with van der Waals surface area (Å²) >= 11 is 1.23. The molecule has 0 aliphatic carbocycles. The number of aryl methyl sites for hydroxylation is 1. The van der Waals surface area contributed by atoms with Crippen LogP contribution in [0, 0.1) is 6.92 Å². The molecule has 46 heavy (non-hydrogen) atoms. The van der Waals surface area contributed by atoms with Gasteiger partial charge < -0.3 is 23.4 Å². The first kappa shape index (κ1) is 31.1. The Morgan fingerprint density at radius 3 is 2.61 bits per heavy atom. The van der Waals surface area contributed by atoms with Gasteiger partial charge in [-0.05, 0) is 81.6 Å². The molecule has 0 spiro atoms. The van der Waals surface area contributed by atoms with Gasteiger partial charge in [0.15, 0.2) is 16.3 Å². The minimum atomic E-state index is -0.774. The molecule has 2 aliphatic rings. The normalized spacial score (nSPS) is 15.6. The fourth-order valence-electron chi connectivity index (χ4n) is 5.57. The van der Waals surface area contributed by atoms with Crippen molar-refractivity contribution in [2.24, 2.45) is 4.99 Å². The quantitative estimate of drug-likeness (QED) is 0.222. The zero-order valence-electron chi connectivity index (χ0n) is 26.2. The standard InChI is InChI=1S/C35H34N2O8S/c1-6-8-25-30(34(40)41-7-2)31(21-10-13-27-28(16-21)43-18-42-27)37-32(38)29(46-35(37)36-25)17-23-11-14-26(45-23)24-12-9-22(15-20(24)5)33(39)44-19(3)4/h9-17,19,31H,6-8,18H2,1-5H3/b29-17+/t31-/m1/s1. The summed E-state index contributed by atoms with van der Waals surface area (Å²) in [6, 6.07) is 13.5. The zero-order valence-corrected chi connectivity index (χ0v) is 27.1. The summed E-state index contributed by atoms with van der Waals surface area (Å²) in [5.74, 6) is 1.31. The van der Waals surface area contributed by atoms with E-state index in [0.29, 0.717) is 61.2 Å². The van der Waals surface area contributed by atoms with Gasteiger partial charge in [0.1, 0.15) is 11.5 Å². The van der Waals surface area contributed by atoms with Gasteiger partial charge >= 0.3 is 11.9 Å². The SMILES string of the molecule is CCCC1=C(C(=O)OCC)[C@@H](c2ccc3c(c2)OCO3)n2c(s/c(=C/c3ccc(-c4ccc(C(=O)OC(C)C)cc4C)o3)c2=O)=N1. The maximum Gasteiger partial charge on any atom is 0.338 e. The third-order valence-corrected chi connectivity index (χ3v) is 8.56. The van der Waals surface area contributed by atoms with Crippen LogP contribution in [0.5, 0.6) is 11.5 Å². The molecule has 0 saturated heterocycles. The van der Waals surface area contributed by atoms with Gasteiger partial charge in [-0.25, -0.2) is 14.6 Å². The summed E-state index contributed by atoms with van der Waals surface area (Å²) in [5, 5.41) is 0. The Morgan fingerprint density at radius 1 is 1.07 bits per heavy atom. The molecule has 0 N–H and O–H groups in total. The van der Waals surface area contributed by atoms with Crippen molar-refractivity contribution in [1.29, 1.82) is 0 Å². The van der Waals surface area contributed by atoms with Gasteiger partial charge in [-0.2, -0.15) is 0 Å². The van der Waals surface area contributed by atoms with E-state index in [9.17, 15) is 14.4 Å². The van der Waals surface area contributed by atoms with E-state index in [1.54, 1.807) is 61.7 Å². The van der Waals surface area contributed by atoms with Crippen LogP contribution >= 0.6 is 11.3 Å². The summed E-state index contributed by atoms with van der Waals surface area (Å²) in [6.07, 6.45) is 2.75. The van der Waals surface area contributed by atoms with Crippen molar-refractivity contribution < 1.29 is 33.0 Å². The van der Waals surface area contributed by atoms with Crippen molar-refractivity contribution in [2.45, 2.75) is 59.6 Å². The maximum absolute atomic E-state index is 14.1. The topological polar surface area (TPSA) is 119 Å². The fourth-order valence-corrected chi connectivity index (χ4v) is 6.57. The van der Waals surface area contributed by atoms with Crippen molar-refractivity contribution in [3.63, 3.8) is 0 Å². The molecule has 0 fully saturated rings. The molecule has 1 atom stereocenters. The molecule has 2 aromatic carbocycles. The molecule has 4 heterocycles. The van der Waals surface area contributed by atoms with Gasteiger partial charge in [0.2, 0.25) is 6.79 Å². The molecule has 0 bridgehead atoms. The average molecular weight is 643 g/mol. The molecular weight excluding hydrogens is 608 g/mol. The fraction of sp³-hybridized carbons (Fsp3) is 0.314. The van der Waals surface area contributed by atoms with E-state index in [1.165, 1.54) is 11.3 Å². The van der Waals surface area contributed by atoms with E-state index >= 15 is 0 Å². The van der Waals surface area contributed by atoms with E-state index in [2.05, 4.69) is 0 Å². The second-order valence-corrected chi connectivity index (χ2v) is 12.2. The Kier molecular flexibility index (Phi) is 8.68. The number of ether oxygens (including phenoxy) is 4. The summed E-state index contributed by atoms with van der Waals surface area (Å²) < 4.78 is 30.0. The number of thiazole rings is 1. The number of hydrogen-bond donors (Lipinski definition) is 0. The molecule has 10 nitrogen and oxygen atoms in total. The van der Waals surface area contributed by atoms with Crippen LogP contribution in [0.4, 0.5) is 0 Å². The van der Waals surface area contributed by atoms with E-state index in [0.717, 1.165) is 17.5 Å². The summed E-state index contributed by atoms with van der Waals surface area (Å²) in [4.78, 5) is 45.2. The maximum atomic E-state index is 14.1. The van der Waals surface area contributed by atoms with E-state index in [4.69, 9.17) is 28.4 Å². The molecule has 2 aromatic heterocycles.